The van der Waals surface area contributed by atoms with Gasteiger partial charge in [0.25, 0.3) is 0 Å². The fourth-order valence-electron chi connectivity index (χ4n) is 2.77. The highest BCUT2D eigenvalue weighted by molar-refractivity contribution is 6.18. The second-order valence-electron chi connectivity index (χ2n) is 5.12. The van der Waals surface area contributed by atoms with Gasteiger partial charge in [0.15, 0.2) is 0 Å². The Kier molecular flexibility index (Phi) is 5.37. The second kappa shape index (κ2) is 6.07. The van der Waals surface area contributed by atoms with Gasteiger partial charge in [0.2, 0.25) is 0 Å². The number of halogens is 1. The number of hydrogen-bond acceptors (Lipinski definition) is 2. The lowest BCUT2D eigenvalue weighted by Crippen LogP contribution is -2.54. The van der Waals surface area contributed by atoms with E-state index in [4.69, 9.17) is 16.3 Å². The predicted octanol–water partition coefficient (Wildman–Crippen LogP) is 2.80. The van der Waals surface area contributed by atoms with Crippen LogP contribution < -0.4 is 5.32 Å². The summed E-state index contributed by atoms with van der Waals surface area (Å²) in [4.78, 5) is 0. The molecule has 0 heterocycles. The third kappa shape index (κ3) is 3.93. The zero-order chi connectivity index (χ0) is 11.3. The second-order valence-corrected chi connectivity index (χ2v) is 5.38. The van der Waals surface area contributed by atoms with Gasteiger partial charge in [0.1, 0.15) is 0 Å². The van der Waals surface area contributed by atoms with E-state index in [1.807, 2.05) is 0 Å². The summed E-state index contributed by atoms with van der Waals surface area (Å²) in [5.74, 6) is 1.51. The number of methoxy groups -OCH3 is 1. The van der Waals surface area contributed by atoms with Crippen molar-refractivity contribution in [3.63, 3.8) is 0 Å². The van der Waals surface area contributed by atoms with Crippen molar-refractivity contribution in [1.82, 2.24) is 5.32 Å². The van der Waals surface area contributed by atoms with Crippen LogP contribution in [0, 0.1) is 5.92 Å². The first-order valence-corrected chi connectivity index (χ1v) is 6.48. The summed E-state index contributed by atoms with van der Waals surface area (Å²) < 4.78 is 5.16. The molecule has 0 amide bonds. The van der Waals surface area contributed by atoms with Crippen LogP contribution in [0.4, 0.5) is 0 Å². The predicted molar refractivity (Wildman–Crippen MR) is 65.6 cm³/mol. The SMILES string of the molecule is COCC(C)NC1(CCl)CCCC(C)C1. The van der Waals surface area contributed by atoms with E-state index >= 15 is 0 Å². The summed E-state index contributed by atoms with van der Waals surface area (Å²) in [6.45, 7) is 5.24. The van der Waals surface area contributed by atoms with Crippen molar-refractivity contribution in [2.24, 2.45) is 5.92 Å². The Hall–Kier alpha value is 0.210. The standard InChI is InChI=1S/C12H24ClNO/c1-10-5-4-6-12(7-10,9-13)14-11(2)8-15-3/h10-11,14H,4-9H2,1-3H3. The van der Waals surface area contributed by atoms with Crippen molar-refractivity contribution in [3.8, 4) is 0 Å². The third-order valence-electron chi connectivity index (χ3n) is 3.32. The molecule has 0 aliphatic heterocycles. The van der Waals surface area contributed by atoms with Crippen molar-refractivity contribution >= 4 is 11.6 Å². The van der Waals surface area contributed by atoms with Crippen LogP contribution >= 0.6 is 11.6 Å². The summed E-state index contributed by atoms with van der Waals surface area (Å²) in [7, 11) is 1.75. The van der Waals surface area contributed by atoms with Crippen molar-refractivity contribution < 1.29 is 4.74 Å². The lowest BCUT2D eigenvalue weighted by Gasteiger charge is -2.41. The maximum atomic E-state index is 6.14. The van der Waals surface area contributed by atoms with E-state index in [1.165, 1.54) is 25.7 Å². The van der Waals surface area contributed by atoms with Gasteiger partial charge in [-0.2, -0.15) is 0 Å². The Balaban J connectivity index is 2.51. The highest BCUT2D eigenvalue weighted by Gasteiger charge is 2.34. The quantitative estimate of drug-likeness (QED) is 0.738. The largest absolute Gasteiger partial charge is 0.383 e. The van der Waals surface area contributed by atoms with Crippen LogP contribution in [0.5, 0.6) is 0 Å². The minimum atomic E-state index is 0.150. The minimum absolute atomic E-state index is 0.150. The van der Waals surface area contributed by atoms with Crippen LogP contribution in [0.3, 0.4) is 0 Å². The van der Waals surface area contributed by atoms with Gasteiger partial charge < -0.3 is 10.1 Å². The van der Waals surface area contributed by atoms with Gasteiger partial charge >= 0.3 is 0 Å². The van der Waals surface area contributed by atoms with Crippen LogP contribution in [0.15, 0.2) is 0 Å². The van der Waals surface area contributed by atoms with Crippen LogP contribution in [-0.2, 0) is 4.74 Å². The van der Waals surface area contributed by atoms with E-state index in [9.17, 15) is 0 Å². The van der Waals surface area contributed by atoms with Crippen LogP contribution in [-0.4, -0.2) is 31.2 Å². The van der Waals surface area contributed by atoms with Gasteiger partial charge in [0, 0.05) is 24.6 Å². The third-order valence-corrected chi connectivity index (χ3v) is 3.83. The van der Waals surface area contributed by atoms with Gasteiger partial charge in [-0.05, 0) is 25.7 Å². The van der Waals surface area contributed by atoms with Crippen LogP contribution in [0.25, 0.3) is 0 Å². The Morgan fingerprint density at radius 2 is 2.33 bits per heavy atom. The summed E-state index contributed by atoms with van der Waals surface area (Å²) in [5, 5.41) is 3.66. The average molecular weight is 234 g/mol. The summed E-state index contributed by atoms with van der Waals surface area (Å²) >= 11 is 6.14. The molecule has 1 N–H and O–H groups in total. The van der Waals surface area contributed by atoms with Crippen molar-refractivity contribution in [1.29, 1.82) is 0 Å². The average Bonchev–Trinajstić information content (AvgIpc) is 2.18. The molecule has 0 radical (unpaired) electrons. The normalized spacial score (nSPS) is 34.0. The smallest absolute Gasteiger partial charge is 0.0613 e. The molecule has 0 saturated heterocycles. The number of alkyl halides is 1. The van der Waals surface area contributed by atoms with E-state index in [-0.39, 0.29) is 5.54 Å². The molecule has 0 spiro atoms. The molecule has 90 valence electrons. The first-order valence-electron chi connectivity index (χ1n) is 5.94. The van der Waals surface area contributed by atoms with Crippen LogP contribution in [0.2, 0.25) is 0 Å². The van der Waals surface area contributed by atoms with E-state index in [0.29, 0.717) is 11.9 Å². The number of nitrogens with one attached hydrogen (secondary N) is 1. The zero-order valence-electron chi connectivity index (χ0n) is 10.2. The van der Waals surface area contributed by atoms with Crippen LogP contribution in [0.1, 0.15) is 39.5 Å². The van der Waals surface area contributed by atoms with E-state index in [0.717, 1.165) is 12.5 Å². The van der Waals surface area contributed by atoms with E-state index in [1.54, 1.807) is 7.11 Å². The molecule has 1 rings (SSSR count). The van der Waals surface area contributed by atoms with Gasteiger partial charge in [-0.15, -0.1) is 11.6 Å². The number of ether oxygens (including phenoxy) is 1. The Bertz CT molecular complexity index is 188. The summed E-state index contributed by atoms with van der Waals surface area (Å²) in [5.41, 5.74) is 0.150. The highest BCUT2D eigenvalue weighted by Crippen LogP contribution is 2.33. The Morgan fingerprint density at radius 3 is 2.87 bits per heavy atom. The van der Waals surface area contributed by atoms with Crippen molar-refractivity contribution in [2.75, 3.05) is 19.6 Å². The number of rotatable bonds is 5. The molecule has 1 fully saturated rings. The molecule has 3 unspecified atom stereocenters. The molecule has 15 heavy (non-hydrogen) atoms. The molecular weight excluding hydrogens is 210 g/mol. The monoisotopic (exact) mass is 233 g/mol. The molecule has 0 bridgehead atoms. The summed E-state index contributed by atoms with van der Waals surface area (Å²) in [6.07, 6.45) is 5.04. The van der Waals surface area contributed by atoms with Gasteiger partial charge in [-0.25, -0.2) is 0 Å². The highest BCUT2D eigenvalue weighted by atomic mass is 35.5. The van der Waals surface area contributed by atoms with Crippen molar-refractivity contribution in [2.45, 2.75) is 51.1 Å². The van der Waals surface area contributed by atoms with E-state index in [2.05, 4.69) is 19.2 Å². The first kappa shape index (κ1) is 13.3. The molecule has 0 aromatic rings. The van der Waals surface area contributed by atoms with Gasteiger partial charge in [-0.1, -0.05) is 19.8 Å². The molecular formula is C12H24ClNO. The Labute approximate surface area is 98.7 Å². The lowest BCUT2D eigenvalue weighted by molar-refractivity contribution is 0.131. The molecule has 3 heteroatoms. The van der Waals surface area contributed by atoms with Gasteiger partial charge in [0.05, 0.1) is 6.61 Å². The maximum Gasteiger partial charge on any atom is 0.0613 e. The molecule has 1 aliphatic rings. The topological polar surface area (TPSA) is 21.3 Å². The zero-order valence-corrected chi connectivity index (χ0v) is 10.9. The molecule has 2 nitrogen and oxygen atoms in total. The van der Waals surface area contributed by atoms with Crippen molar-refractivity contribution in [3.05, 3.63) is 0 Å². The maximum absolute atomic E-state index is 6.14. The molecule has 1 aliphatic carbocycles. The number of hydrogen-bond donors (Lipinski definition) is 1. The first-order chi connectivity index (χ1) is 7.12. The molecule has 0 aromatic heterocycles. The Morgan fingerprint density at radius 1 is 1.60 bits per heavy atom. The van der Waals surface area contributed by atoms with Gasteiger partial charge in [-0.3, -0.25) is 0 Å². The fourth-order valence-corrected chi connectivity index (χ4v) is 3.09. The minimum Gasteiger partial charge on any atom is -0.383 e. The lowest BCUT2D eigenvalue weighted by atomic mass is 9.77. The molecule has 0 aromatic carbocycles. The molecule has 3 atom stereocenters. The fraction of sp³-hybridized carbons (Fsp3) is 1.00. The molecule has 1 saturated carbocycles. The summed E-state index contributed by atoms with van der Waals surface area (Å²) in [6, 6.07) is 0.388. The van der Waals surface area contributed by atoms with E-state index < -0.39 is 0 Å².